The Balaban J connectivity index is 1.73. The molecule has 1 aliphatic heterocycles. The SMILES string of the molecule is COc1cc(C(=O)NC[C@H]2CCCO2)cc(OC)c1OCc1ccccc1. The fraction of sp³-hybridized carbons (Fsp3) is 0.381. The predicted octanol–water partition coefficient (Wildman–Crippen LogP) is 3.19. The van der Waals surface area contributed by atoms with Crippen LogP contribution in [0.2, 0.25) is 0 Å². The van der Waals surface area contributed by atoms with Gasteiger partial charge in [-0.25, -0.2) is 0 Å². The summed E-state index contributed by atoms with van der Waals surface area (Å²) in [5.74, 6) is 1.18. The molecule has 0 saturated carbocycles. The molecule has 0 aromatic heterocycles. The zero-order valence-electron chi connectivity index (χ0n) is 15.7. The number of carbonyl (C=O) groups excluding carboxylic acids is 1. The minimum Gasteiger partial charge on any atom is -0.493 e. The lowest BCUT2D eigenvalue weighted by Gasteiger charge is -2.17. The van der Waals surface area contributed by atoms with E-state index < -0.39 is 0 Å². The second kappa shape index (κ2) is 9.28. The Morgan fingerprint density at radius 3 is 2.44 bits per heavy atom. The number of hydrogen-bond acceptors (Lipinski definition) is 5. The van der Waals surface area contributed by atoms with Gasteiger partial charge in [0, 0.05) is 18.7 Å². The lowest BCUT2D eigenvalue weighted by Crippen LogP contribution is -2.31. The van der Waals surface area contributed by atoms with Gasteiger partial charge in [-0.15, -0.1) is 0 Å². The Morgan fingerprint density at radius 1 is 1.15 bits per heavy atom. The van der Waals surface area contributed by atoms with Crippen molar-refractivity contribution in [3.05, 3.63) is 53.6 Å². The second-order valence-corrected chi connectivity index (χ2v) is 6.33. The Bertz CT molecular complexity index is 731. The molecule has 3 rings (SSSR count). The van der Waals surface area contributed by atoms with Crippen molar-refractivity contribution in [3.63, 3.8) is 0 Å². The molecule has 1 aliphatic rings. The molecule has 0 spiro atoms. The second-order valence-electron chi connectivity index (χ2n) is 6.33. The monoisotopic (exact) mass is 371 g/mol. The van der Waals surface area contributed by atoms with E-state index in [2.05, 4.69) is 5.32 Å². The van der Waals surface area contributed by atoms with Crippen LogP contribution in [0.3, 0.4) is 0 Å². The Morgan fingerprint density at radius 2 is 1.85 bits per heavy atom. The Kier molecular flexibility index (Phi) is 6.54. The molecular formula is C21H25NO5. The molecule has 1 atom stereocenters. The van der Waals surface area contributed by atoms with Gasteiger partial charge < -0.3 is 24.3 Å². The summed E-state index contributed by atoms with van der Waals surface area (Å²) in [7, 11) is 3.08. The number of methoxy groups -OCH3 is 2. The highest BCUT2D eigenvalue weighted by Gasteiger charge is 2.20. The predicted molar refractivity (Wildman–Crippen MR) is 102 cm³/mol. The third-order valence-electron chi connectivity index (χ3n) is 4.46. The van der Waals surface area contributed by atoms with Crippen molar-refractivity contribution >= 4 is 5.91 Å². The van der Waals surface area contributed by atoms with Crippen molar-refractivity contribution in [2.75, 3.05) is 27.4 Å². The standard InChI is InChI=1S/C21H25NO5/c1-24-18-11-16(21(23)22-13-17-9-6-10-26-17)12-19(25-2)20(18)27-14-15-7-4-3-5-8-15/h3-5,7-8,11-12,17H,6,9-10,13-14H2,1-2H3,(H,22,23)/t17-/m1/s1. The van der Waals surface area contributed by atoms with Gasteiger partial charge >= 0.3 is 0 Å². The highest BCUT2D eigenvalue weighted by Crippen LogP contribution is 2.39. The summed E-state index contributed by atoms with van der Waals surface area (Å²) in [5, 5.41) is 2.90. The maximum Gasteiger partial charge on any atom is 0.251 e. The van der Waals surface area contributed by atoms with Gasteiger partial charge in [0.2, 0.25) is 5.75 Å². The van der Waals surface area contributed by atoms with Gasteiger partial charge in [0.25, 0.3) is 5.91 Å². The zero-order chi connectivity index (χ0) is 19.1. The quantitative estimate of drug-likeness (QED) is 0.772. The van der Waals surface area contributed by atoms with Crippen LogP contribution in [-0.4, -0.2) is 39.4 Å². The molecule has 1 fully saturated rings. The van der Waals surface area contributed by atoms with Gasteiger partial charge in [0.05, 0.1) is 20.3 Å². The normalized spacial score (nSPS) is 16.0. The van der Waals surface area contributed by atoms with Gasteiger partial charge in [-0.3, -0.25) is 4.79 Å². The van der Waals surface area contributed by atoms with Gasteiger partial charge in [0.1, 0.15) is 6.61 Å². The third-order valence-corrected chi connectivity index (χ3v) is 4.46. The van der Waals surface area contributed by atoms with E-state index in [1.54, 1.807) is 12.1 Å². The van der Waals surface area contributed by atoms with Crippen LogP contribution >= 0.6 is 0 Å². The molecule has 2 aromatic rings. The van der Waals surface area contributed by atoms with E-state index in [9.17, 15) is 4.79 Å². The molecule has 1 N–H and O–H groups in total. The van der Waals surface area contributed by atoms with Crippen molar-refractivity contribution in [1.29, 1.82) is 0 Å². The topological polar surface area (TPSA) is 66.0 Å². The molecular weight excluding hydrogens is 346 g/mol. The van der Waals surface area contributed by atoms with E-state index in [0.29, 0.717) is 36.0 Å². The van der Waals surface area contributed by atoms with Crippen molar-refractivity contribution in [2.45, 2.75) is 25.6 Å². The van der Waals surface area contributed by atoms with Gasteiger partial charge in [0.15, 0.2) is 11.5 Å². The van der Waals surface area contributed by atoms with Crippen LogP contribution in [0.5, 0.6) is 17.2 Å². The lowest BCUT2D eigenvalue weighted by atomic mass is 10.1. The fourth-order valence-corrected chi connectivity index (χ4v) is 3.00. The van der Waals surface area contributed by atoms with E-state index >= 15 is 0 Å². The highest BCUT2D eigenvalue weighted by molar-refractivity contribution is 5.95. The zero-order valence-corrected chi connectivity index (χ0v) is 15.7. The number of carbonyl (C=O) groups is 1. The molecule has 144 valence electrons. The minimum absolute atomic E-state index is 0.0891. The van der Waals surface area contributed by atoms with Crippen LogP contribution < -0.4 is 19.5 Å². The largest absolute Gasteiger partial charge is 0.493 e. The Labute approximate surface area is 159 Å². The number of benzene rings is 2. The van der Waals surface area contributed by atoms with Crippen molar-refractivity contribution in [3.8, 4) is 17.2 Å². The first-order valence-electron chi connectivity index (χ1n) is 9.04. The van der Waals surface area contributed by atoms with E-state index in [4.69, 9.17) is 18.9 Å². The molecule has 6 heteroatoms. The average Bonchev–Trinajstić information content (AvgIpc) is 3.24. The van der Waals surface area contributed by atoms with E-state index in [-0.39, 0.29) is 12.0 Å². The third kappa shape index (κ3) is 4.92. The van der Waals surface area contributed by atoms with E-state index in [1.165, 1.54) is 14.2 Å². The summed E-state index contributed by atoms with van der Waals surface area (Å²) < 4.78 is 22.3. The summed E-state index contributed by atoms with van der Waals surface area (Å²) in [5.41, 5.74) is 1.48. The summed E-state index contributed by atoms with van der Waals surface area (Å²) >= 11 is 0. The number of ether oxygens (including phenoxy) is 4. The number of nitrogens with one attached hydrogen (secondary N) is 1. The number of hydrogen-bond donors (Lipinski definition) is 1. The molecule has 0 radical (unpaired) electrons. The van der Waals surface area contributed by atoms with Crippen LogP contribution in [0.1, 0.15) is 28.8 Å². The number of rotatable bonds is 8. The summed E-state index contributed by atoms with van der Waals surface area (Å²) in [6.07, 6.45) is 2.10. The van der Waals surface area contributed by atoms with Gasteiger partial charge in [-0.2, -0.15) is 0 Å². The van der Waals surface area contributed by atoms with E-state index in [1.807, 2.05) is 30.3 Å². The molecule has 1 amide bonds. The molecule has 0 unspecified atom stereocenters. The highest BCUT2D eigenvalue weighted by atomic mass is 16.5. The van der Waals surface area contributed by atoms with Gasteiger partial charge in [-0.05, 0) is 30.5 Å². The number of amides is 1. The smallest absolute Gasteiger partial charge is 0.251 e. The van der Waals surface area contributed by atoms with Crippen LogP contribution in [0.15, 0.2) is 42.5 Å². The molecule has 1 saturated heterocycles. The Hall–Kier alpha value is -2.73. The van der Waals surface area contributed by atoms with Gasteiger partial charge in [-0.1, -0.05) is 30.3 Å². The molecule has 2 aromatic carbocycles. The van der Waals surface area contributed by atoms with Crippen LogP contribution in [0.25, 0.3) is 0 Å². The molecule has 27 heavy (non-hydrogen) atoms. The molecule has 0 bridgehead atoms. The summed E-state index contributed by atoms with van der Waals surface area (Å²) in [6.45, 7) is 1.63. The van der Waals surface area contributed by atoms with Crippen LogP contribution in [0, 0.1) is 0 Å². The fourth-order valence-electron chi connectivity index (χ4n) is 3.00. The van der Waals surface area contributed by atoms with Crippen molar-refractivity contribution < 1.29 is 23.7 Å². The van der Waals surface area contributed by atoms with E-state index in [0.717, 1.165) is 25.0 Å². The maximum atomic E-state index is 12.5. The minimum atomic E-state index is -0.197. The molecule has 1 heterocycles. The van der Waals surface area contributed by atoms with Crippen LogP contribution in [-0.2, 0) is 11.3 Å². The lowest BCUT2D eigenvalue weighted by molar-refractivity contribution is 0.0857. The summed E-state index contributed by atoms with van der Waals surface area (Å²) in [6, 6.07) is 13.1. The average molecular weight is 371 g/mol. The first-order chi connectivity index (χ1) is 13.2. The molecule has 0 aliphatic carbocycles. The van der Waals surface area contributed by atoms with Crippen molar-refractivity contribution in [2.24, 2.45) is 0 Å². The van der Waals surface area contributed by atoms with Crippen LogP contribution in [0.4, 0.5) is 0 Å². The van der Waals surface area contributed by atoms with Crippen molar-refractivity contribution in [1.82, 2.24) is 5.32 Å². The first kappa shape index (κ1) is 19.0. The molecule has 6 nitrogen and oxygen atoms in total. The summed E-state index contributed by atoms with van der Waals surface area (Å²) in [4.78, 5) is 12.5. The maximum absolute atomic E-state index is 12.5. The first-order valence-corrected chi connectivity index (χ1v) is 9.04.